The number of hydrogen-bond donors (Lipinski definition) is 3. The van der Waals surface area contributed by atoms with E-state index in [1.54, 1.807) is 4.72 Å². The van der Waals surface area contributed by atoms with Gasteiger partial charge in [0.05, 0.1) is 12.7 Å². The number of carbonyl (C=O) groups excluding carboxylic acids is 2. The van der Waals surface area contributed by atoms with E-state index in [1.807, 2.05) is 0 Å². The van der Waals surface area contributed by atoms with Crippen LogP contribution < -0.4 is 24.2 Å². The first kappa shape index (κ1) is 27.0. The third kappa shape index (κ3) is 7.96. The van der Waals surface area contributed by atoms with Gasteiger partial charge in [-0.3, -0.25) is 14.3 Å². The van der Waals surface area contributed by atoms with Crippen LogP contribution in [0.25, 0.3) is 0 Å². The fraction of sp³-hybridized carbons (Fsp3) is 0.294. The second kappa shape index (κ2) is 11.3. The van der Waals surface area contributed by atoms with Crippen molar-refractivity contribution < 1.29 is 40.7 Å². The van der Waals surface area contributed by atoms with Crippen molar-refractivity contribution in [2.75, 3.05) is 20.7 Å². The third-order valence-corrected chi connectivity index (χ3v) is 7.54. The van der Waals surface area contributed by atoms with Crippen LogP contribution in [0.1, 0.15) is 15.2 Å². The van der Waals surface area contributed by atoms with Crippen LogP contribution >= 0.6 is 34.9 Å². The molecule has 3 N–H and O–H groups in total. The molecule has 0 fully saturated rings. The molecule has 182 valence electrons. The monoisotopic (exact) mass is 547 g/mol. The summed E-state index contributed by atoms with van der Waals surface area (Å²) in [6.45, 7) is -0.0536. The molecule has 0 saturated carbocycles. The van der Waals surface area contributed by atoms with E-state index in [9.17, 15) is 31.2 Å². The fourth-order valence-electron chi connectivity index (χ4n) is 2.43. The Morgan fingerprint density at radius 3 is 2.52 bits per heavy atom. The minimum absolute atomic E-state index is 0.0256. The Kier molecular flexibility index (Phi) is 9.25. The molecule has 0 aliphatic heterocycles. The van der Waals surface area contributed by atoms with Gasteiger partial charge in [-0.05, 0) is 37.7 Å². The molecule has 2 amide bonds. The van der Waals surface area contributed by atoms with Crippen molar-refractivity contribution in [3.8, 4) is 11.5 Å². The molecule has 0 spiro atoms. The molecule has 0 aliphatic carbocycles. The molecule has 33 heavy (non-hydrogen) atoms. The van der Waals surface area contributed by atoms with Gasteiger partial charge in [0.1, 0.15) is 5.75 Å². The van der Waals surface area contributed by atoms with Crippen LogP contribution in [0.2, 0.25) is 5.02 Å². The lowest BCUT2D eigenvalue weighted by atomic mass is 10.2. The second-order valence-corrected chi connectivity index (χ2v) is 10.4. The number of nitrogens with one attached hydrogen (secondary N) is 3. The highest BCUT2D eigenvalue weighted by atomic mass is 35.5. The Hall–Kier alpha value is -2.20. The standard InChI is InChI=1S/C17H17ClF3N3O6S3/c1-22-32-16(26)24-33(27,28)15-13(30-17(19,20)21)8-10(31-15)5-6-23-14(25)11-7-9(18)3-4-12(11)29-2/h3-4,7-8,22H,5-6H2,1-2H3,(H,23,25)(H,24,26). The number of alkyl halides is 3. The highest BCUT2D eigenvalue weighted by molar-refractivity contribution is 8.13. The summed E-state index contributed by atoms with van der Waals surface area (Å²) in [4.78, 5) is 24.1. The molecule has 0 atom stereocenters. The SMILES string of the molecule is CNSC(=O)NS(=O)(=O)c1sc(CCNC(=O)c2cc(Cl)ccc2OC)cc1OC(F)(F)F. The normalized spacial score (nSPS) is 11.7. The van der Waals surface area contributed by atoms with Gasteiger partial charge >= 0.3 is 11.6 Å². The van der Waals surface area contributed by atoms with E-state index < -0.39 is 37.5 Å². The number of hydrogen-bond acceptors (Lipinski definition) is 9. The summed E-state index contributed by atoms with van der Waals surface area (Å²) >= 11 is 6.75. The van der Waals surface area contributed by atoms with Crippen LogP contribution in [-0.2, 0) is 16.4 Å². The number of halogens is 4. The first-order valence-electron chi connectivity index (χ1n) is 8.77. The predicted octanol–water partition coefficient (Wildman–Crippen LogP) is 3.55. The molecule has 2 rings (SSSR count). The Balaban J connectivity index is 2.19. The average Bonchev–Trinajstić information content (AvgIpc) is 3.09. The lowest BCUT2D eigenvalue weighted by molar-refractivity contribution is -0.275. The van der Waals surface area contributed by atoms with Gasteiger partial charge in [-0.2, -0.15) is 0 Å². The number of benzene rings is 1. The van der Waals surface area contributed by atoms with Crippen molar-refractivity contribution in [3.05, 3.63) is 39.7 Å². The van der Waals surface area contributed by atoms with Crippen LogP contribution in [-0.4, -0.2) is 46.6 Å². The first-order chi connectivity index (χ1) is 15.4. The van der Waals surface area contributed by atoms with Crippen LogP contribution in [0.5, 0.6) is 11.5 Å². The Morgan fingerprint density at radius 2 is 1.91 bits per heavy atom. The van der Waals surface area contributed by atoms with E-state index in [4.69, 9.17) is 16.3 Å². The quantitative estimate of drug-likeness (QED) is 0.407. The fourth-order valence-corrected chi connectivity index (χ4v) is 5.66. The zero-order valence-electron chi connectivity index (χ0n) is 16.9. The van der Waals surface area contributed by atoms with Gasteiger partial charge in [-0.25, -0.2) is 13.1 Å². The summed E-state index contributed by atoms with van der Waals surface area (Å²) in [7, 11) is -1.93. The van der Waals surface area contributed by atoms with Crippen molar-refractivity contribution in [1.82, 2.24) is 14.8 Å². The topological polar surface area (TPSA) is 123 Å². The van der Waals surface area contributed by atoms with Gasteiger partial charge in [0.2, 0.25) is 0 Å². The van der Waals surface area contributed by atoms with Crippen LogP contribution in [0.4, 0.5) is 18.0 Å². The van der Waals surface area contributed by atoms with Crippen molar-refractivity contribution in [1.29, 1.82) is 0 Å². The molecule has 9 nitrogen and oxygen atoms in total. The van der Waals surface area contributed by atoms with E-state index in [0.717, 1.165) is 6.07 Å². The van der Waals surface area contributed by atoms with E-state index in [0.29, 0.717) is 28.3 Å². The van der Waals surface area contributed by atoms with E-state index in [2.05, 4.69) is 14.8 Å². The smallest absolute Gasteiger partial charge is 0.496 e. The van der Waals surface area contributed by atoms with Crippen LogP contribution in [0.15, 0.2) is 28.5 Å². The summed E-state index contributed by atoms with van der Waals surface area (Å²) in [5, 5.41) is 1.79. The maximum atomic E-state index is 12.8. The molecule has 0 radical (unpaired) electrons. The Morgan fingerprint density at radius 1 is 1.21 bits per heavy atom. The van der Waals surface area contributed by atoms with Crippen LogP contribution in [0.3, 0.4) is 0 Å². The number of amides is 2. The largest absolute Gasteiger partial charge is 0.573 e. The molecule has 0 aliphatic rings. The summed E-state index contributed by atoms with van der Waals surface area (Å²) in [6.07, 6.45) is -5.19. The highest BCUT2D eigenvalue weighted by Crippen LogP contribution is 2.37. The summed E-state index contributed by atoms with van der Waals surface area (Å²) in [5.41, 5.74) is 0.144. The van der Waals surface area contributed by atoms with Gasteiger partial charge in [0.15, 0.2) is 9.96 Å². The second-order valence-electron chi connectivity index (χ2n) is 5.96. The maximum Gasteiger partial charge on any atom is 0.573 e. The van der Waals surface area contributed by atoms with Gasteiger partial charge in [-0.1, -0.05) is 11.6 Å². The highest BCUT2D eigenvalue weighted by Gasteiger charge is 2.36. The van der Waals surface area contributed by atoms with Crippen LogP contribution in [0, 0.1) is 0 Å². The van der Waals surface area contributed by atoms with E-state index in [1.165, 1.54) is 32.4 Å². The molecule has 2 aromatic rings. The third-order valence-electron chi connectivity index (χ3n) is 3.66. The molecule has 1 heterocycles. The van der Waals surface area contributed by atoms with Gasteiger partial charge < -0.3 is 14.8 Å². The van der Waals surface area contributed by atoms with Crippen molar-refractivity contribution in [3.63, 3.8) is 0 Å². The average molecular weight is 548 g/mol. The molecular weight excluding hydrogens is 531 g/mol. The minimum Gasteiger partial charge on any atom is -0.496 e. The van der Waals surface area contributed by atoms with Gasteiger partial charge in [0, 0.05) is 28.4 Å². The lowest BCUT2D eigenvalue weighted by Crippen LogP contribution is -2.29. The predicted molar refractivity (Wildman–Crippen MR) is 117 cm³/mol. The zero-order chi connectivity index (χ0) is 24.8. The molecule has 1 aromatic heterocycles. The molecular formula is C17H17ClF3N3O6S3. The Bertz CT molecular complexity index is 1120. The van der Waals surface area contributed by atoms with Gasteiger partial charge in [0.25, 0.3) is 15.9 Å². The number of carbonyl (C=O) groups is 2. The van der Waals surface area contributed by atoms with Gasteiger partial charge in [-0.15, -0.1) is 24.5 Å². The summed E-state index contributed by atoms with van der Waals surface area (Å²) in [6, 6.07) is 5.29. The molecule has 16 heteroatoms. The number of ether oxygens (including phenoxy) is 2. The van der Waals surface area contributed by atoms with E-state index in [-0.39, 0.29) is 29.2 Å². The number of rotatable bonds is 9. The van der Waals surface area contributed by atoms with Crippen molar-refractivity contribution in [2.45, 2.75) is 17.0 Å². The Labute approximate surface area is 200 Å². The van der Waals surface area contributed by atoms with Crippen molar-refractivity contribution >= 4 is 56.1 Å². The minimum atomic E-state index is -5.16. The summed E-state index contributed by atoms with van der Waals surface area (Å²) < 4.78 is 75.1. The zero-order valence-corrected chi connectivity index (χ0v) is 20.1. The number of methoxy groups -OCH3 is 1. The summed E-state index contributed by atoms with van der Waals surface area (Å²) in [5.74, 6) is -1.28. The lowest BCUT2D eigenvalue weighted by Gasteiger charge is -2.10. The first-order valence-corrected chi connectivity index (χ1v) is 12.3. The number of thiophene rings is 1. The van der Waals surface area contributed by atoms with Crippen molar-refractivity contribution in [2.24, 2.45) is 0 Å². The molecule has 0 unspecified atom stereocenters. The maximum absolute atomic E-state index is 12.8. The van der Waals surface area contributed by atoms with E-state index >= 15 is 0 Å². The number of sulfonamides is 1. The molecule has 0 saturated heterocycles. The molecule has 1 aromatic carbocycles. The molecule has 0 bridgehead atoms.